The van der Waals surface area contributed by atoms with E-state index in [0.29, 0.717) is 14.8 Å². The summed E-state index contributed by atoms with van der Waals surface area (Å²) in [5.74, 6) is 1.30. The molecule has 0 N–H and O–H groups in total. The number of rotatable bonds is 8. The van der Waals surface area contributed by atoms with Crippen molar-refractivity contribution in [3.8, 4) is 0 Å². The van der Waals surface area contributed by atoms with Crippen LogP contribution >= 0.6 is 46.5 Å². The molecule has 0 saturated carbocycles. The first-order valence-electron chi connectivity index (χ1n) is 6.63. The van der Waals surface area contributed by atoms with Crippen molar-refractivity contribution in [1.29, 1.82) is 0 Å². The molecule has 1 aromatic heterocycles. The van der Waals surface area contributed by atoms with Crippen LogP contribution in [0, 0.1) is 16.0 Å². The highest BCUT2D eigenvalue weighted by molar-refractivity contribution is 8.38. The van der Waals surface area contributed by atoms with Crippen LogP contribution in [0.1, 0.15) is 18.7 Å². The van der Waals surface area contributed by atoms with Gasteiger partial charge in [0, 0.05) is 36.5 Å². The summed E-state index contributed by atoms with van der Waals surface area (Å²) < 4.78 is 1.03. The molecule has 0 amide bonds. The largest absolute Gasteiger partial charge is 0.297 e. The Labute approximate surface area is 147 Å². The minimum Gasteiger partial charge on any atom is -0.297 e. The minimum atomic E-state index is -0.649. The fraction of sp³-hybridized carbons (Fsp3) is 0.667. The van der Waals surface area contributed by atoms with Gasteiger partial charge in [-0.15, -0.1) is 11.3 Å². The highest BCUT2D eigenvalue weighted by Crippen LogP contribution is 2.21. The van der Waals surface area contributed by atoms with Gasteiger partial charge in [-0.25, -0.2) is 15.1 Å². The summed E-state index contributed by atoms with van der Waals surface area (Å²) in [4.78, 5) is 17.9. The Kier molecular flexibility index (Phi) is 9.34. The Morgan fingerprint density at radius 3 is 2.86 bits per heavy atom. The monoisotopic (exact) mass is 382 g/mol. The first kappa shape index (κ1) is 19.7. The second-order valence-corrected chi connectivity index (χ2v) is 8.70. The molecule has 22 heavy (non-hydrogen) atoms. The number of thiazole rings is 1. The number of aromatic nitrogens is 1. The smallest absolute Gasteiger partial charge is 0.203 e. The van der Waals surface area contributed by atoms with E-state index in [1.54, 1.807) is 12.5 Å². The van der Waals surface area contributed by atoms with E-state index in [1.807, 2.05) is 0 Å². The van der Waals surface area contributed by atoms with Gasteiger partial charge in [0.2, 0.25) is 4.38 Å². The van der Waals surface area contributed by atoms with Crippen molar-refractivity contribution >= 4 is 50.8 Å². The molecule has 1 rings (SSSR count). The molecule has 1 aromatic rings. The van der Waals surface area contributed by atoms with Crippen LogP contribution in [0.5, 0.6) is 0 Å². The molecule has 0 aliphatic heterocycles. The summed E-state index contributed by atoms with van der Waals surface area (Å²) in [5, 5.41) is 13.1. The van der Waals surface area contributed by atoms with E-state index in [4.69, 9.17) is 11.6 Å². The predicted octanol–water partition coefficient (Wildman–Crippen LogP) is 3.90. The molecule has 6 nitrogen and oxygen atoms in total. The zero-order chi connectivity index (χ0) is 16.5. The molecule has 0 radical (unpaired) electrons. The second-order valence-electron chi connectivity index (χ2n) is 4.86. The van der Waals surface area contributed by atoms with Crippen LogP contribution in [0.15, 0.2) is 11.3 Å². The van der Waals surface area contributed by atoms with Crippen LogP contribution in [0.25, 0.3) is 0 Å². The molecule has 0 aliphatic carbocycles. The van der Waals surface area contributed by atoms with Crippen LogP contribution in [-0.2, 0) is 6.54 Å². The summed E-state index contributed by atoms with van der Waals surface area (Å²) in [5.41, 5.74) is 0. The van der Waals surface area contributed by atoms with Gasteiger partial charge in [-0.3, -0.25) is 4.90 Å². The molecule has 0 aromatic carbocycles. The van der Waals surface area contributed by atoms with E-state index >= 15 is 0 Å². The zero-order valence-electron chi connectivity index (χ0n) is 12.7. The Morgan fingerprint density at radius 1 is 1.64 bits per heavy atom. The number of hydrogen-bond donors (Lipinski definition) is 0. The van der Waals surface area contributed by atoms with E-state index in [9.17, 15) is 10.1 Å². The van der Waals surface area contributed by atoms with Crippen molar-refractivity contribution < 1.29 is 5.03 Å². The number of thioether (sulfide) groups is 2. The summed E-state index contributed by atoms with van der Waals surface area (Å²) in [6, 6.07) is 0. The fourth-order valence-electron chi connectivity index (χ4n) is 1.79. The molecule has 1 heterocycles. The van der Waals surface area contributed by atoms with E-state index in [0.717, 1.165) is 30.3 Å². The Morgan fingerprint density at radius 2 is 2.36 bits per heavy atom. The van der Waals surface area contributed by atoms with E-state index < -0.39 is 5.03 Å². The molecule has 0 spiro atoms. The molecule has 0 atom stereocenters. The Bertz CT molecular complexity index is 510. The van der Waals surface area contributed by atoms with Gasteiger partial charge < -0.3 is 0 Å². The summed E-state index contributed by atoms with van der Waals surface area (Å²) in [7, 11) is 0. The lowest BCUT2D eigenvalue weighted by atomic mass is 10.2. The van der Waals surface area contributed by atoms with Gasteiger partial charge in [0.15, 0.2) is 9.50 Å². The highest BCUT2D eigenvalue weighted by atomic mass is 35.5. The van der Waals surface area contributed by atoms with Gasteiger partial charge in [-0.1, -0.05) is 49.0 Å². The fourth-order valence-corrected chi connectivity index (χ4v) is 4.32. The topological polar surface area (TPSA) is 71.6 Å². The number of nitrogens with zero attached hydrogens (tertiary/aromatic N) is 4. The van der Waals surface area contributed by atoms with Crippen LogP contribution < -0.4 is 0 Å². The maximum atomic E-state index is 10.4. The van der Waals surface area contributed by atoms with Crippen LogP contribution in [0.4, 0.5) is 0 Å². The van der Waals surface area contributed by atoms with Gasteiger partial charge in [0.1, 0.15) is 0 Å². The third-order valence-corrected chi connectivity index (χ3v) is 5.60. The van der Waals surface area contributed by atoms with Crippen LogP contribution in [0.2, 0.25) is 4.47 Å². The van der Waals surface area contributed by atoms with Crippen LogP contribution in [0.3, 0.4) is 0 Å². The molecular weight excluding hydrogens is 364 g/mol. The lowest BCUT2D eigenvalue weighted by molar-refractivity contribution is -0.484. The standard InChI is InChI=1S/C12H19ClN4O2S3/c1-9(2)7-16(8-10-6-14-11(13)22-10)4-5-21-12(20-3)15-17(18)19/h6,9H,4-5,7-8H2,1-3H3/b15-12+. The van der Waals surface area contributed by atoms with Gasteiger partial charge >= 0.3 is 0 Å². The first-order chi connectivity index (χ1) is 10.4. The Balaban J connectivity index is 2.52. The number of hydrogen-bond acceptors (Lipinski definition) is 7. The average Bonchev–Trinajstić information content (AvgIpc) is 2.81. The van der Waals surface area contributed by atoms with Crippen molar-refractivity contribution in [3.05, 3.63) is 25.7 Å². The summed E-state index contributed by atoms with van der Waals surface area (Å²) >= 11 is 10.1. The van der Waals surface area contributed by atoms with Crippen molar-refractivity contribution in [3.63, 3.8) is 0 Å². The van der Waals surface area contributed by atoms with Gasteiger partial charge in [0.05, 0.1) is 5.10 Å². The predicted molar refractivity (Wildman–Crippen MR) is 97.6 cm³/mol. The molecule has 0 bridgehead atoms. The molecule has 0 unspecified atom stereocenters. The van der Waals surface area contributed by atoms with Gasteiger partial charge in [-0.2, -0.15) is 0 Å². The van der Waals surface area contributed by atoms with Crippen LogP contribution in [-0.4, -0.2) is 44.4 Å². The van der Waals surface area contributed by atoms with Gasteiger partial charge in [-0.05, 0) is 12.2 Å². The third-order valence-electron chi connectivity index (χ3n) is 2.50. The normalized spacial score (nSPS) is 12.4. The maximum Gasteiger partial charge on any atom is 0.203 e. The molecule has 124 valence electrons. The maximum absolute atomic E-state index is 10.4. The van der Waals surface area contributed by atoms with Crippen molar-refractivity contribution in [2.45, 2.75) is 20.4 Å². The van der Waals surface area contributed by atoms with E-state index in [-0.39, 0.29) is 0 Å². The van der Waals surface area contributed by atoms with Crippen molar-refractivity contribution in [2.75, 3.05) is 25.1 Å². The van der Waals surface area contributed by atoms with E-state index in [2.05, 4.69) is 28.8 Å². The number of halogens is 1. The minimum absolute atomic E-state index is 0.482. The third kappa shape index (κ3) is 8.33. The molecular formula is C12H19ClN4O2S3. The molecule has 0 aliphatic rings. The molecule has 0 saturated heterocycles. The van der Waals surface area contributed by atoms with Gasteiger partial charge in [0.25, 0.3) is 0 Å². The van der Waals surface area contributed by atoms with E-state index in [1.165, 1.54) is 34.9 Å². The lowest BCUT2D eigenvalue weighted by Gasteiger charge is -2.23. The summed E-state index contributed by atoms with van der Waals surface area (Å²) in [6.07, 6.45) is 3.59. The quantitative estimate of drug-likeness (QED) is 0.294. The van der Waals surface area contributed by atoms with Crippen molar-refractivity contribution in [2.24, 2.45) is 11.0 Å². The second kappa shape index (κ2) is 10.4. The Hall–Kier alpha value is -0.350. The number of nitro groups is 1. The average molecular weight is 383 g/mol. The summed E-state index contributed by atoms with van der Waals surface area (Å²) in [6.45, 7) is 6.92. The molecule has 0 fully saturated rings. The first-order valence-corrected chi connectivity index (χ1v) is 10.0. The highest BCUT2D eigenvalue weighted by Gasteiger charge is 2.12. The SMILES string of the molecule is CS/C(=N\[N+](=O)[O-])SCCN(Cc1cnc(Cl)s1)CC(C)C. The van der Waals surface area contributed by atoms with Crippen molar-refractivity contribution in [1.82, 2.24) is 9.88 Å². The molecule has 10 heteroatoms. The zero-order valence-corrected chi connectivity index (χ0v) is 15.9. The lowest BCUT2D eigenvalue weighted by Crippen LogP contribution is -2.29. The number of hydrazone groups is 1.